The molecule has 0 aliphatic heterocycles. The molecule has 2 aromatic heterocycles. The topological polar surface area (TPSA) is 93.6 Å². The quantitative estimate of drug-likeness (QED) is 0.357. The highest BCUT2D eigenvalue weighted by Gasteiger charge is 2.42. The van der Waals surface area contributed by atoms with Gasteiger partial charge in [-0.05, 0) is 78.5 Å². The summed E-state index contributed by atoms with van der Waals surface area (Å²) in [6, 6.07) is 12.8. The Labute approximate surface area is 192 Å². The number of carbonyl (C=O) groups excluding carboxylic acids is 1. The number of pyridine rings is 1. The van der Waals surface area contributed by atoms with Crippen LogP contribution in [0.2, 0.25) is 0 Å². The van der Waals surface area contributed by atoms with Crippen molar-refractivity contribution >= 4 is 40.4 Å². The minimum absolute atomic E-state index is 0.0616. The number of rotatable bonds is 9. The van der Waals surface area contributed by atoms with Crippen LogP contribution in [0.15, 0.2) is 36.5 Å². The number of aromatic nitrogens is 2. The maximum Gasteiger partial charge on any atom is 0.228 e. The molecule has 0 saturated heterocycles. The van der Waals surface area contributed by atoms with E-state index in [0.29, 0.717) is 12.2 Å². The van der Waals surface area contributed by atoms with E-state index in [4.69, 9.17) is 5.26 Å². The molecule has 2 fully saturated rings. The molecule has 2 aliphatic carbocycles. The summed E-state index contributed by atoms with van der Waals surface area (Å²) in [7, 11) is 0. The fourth-order valence-corrected chi connectivity index (χ4v) is 5.16. The summed E-state index contributed by atoms with van der Waals surface area (Å²) in [6.45, 7) is 2.16. The fourth-order valence-electron chi connectivity index (χ4n) is 4.10. The molecule has 0 spiro atoms. The van der Waals surface area contributed by atoms with Crippen LogP contribution in [0, 0.1) is 22.7 Å². The Morgan fingerprint density at radius 2 is 2.12 bits per heavy atom. The van der Waals surface area contributed by atoms with Gasteiger partial charge in [-0.2, -0.15) is 5.26 Å². The molecular formula is C25H27N5OS. The molecule has 1 aromatic carbocycles. The highest BCUT2D eigenvalue weighted by Crippen LogP contribution is 2.50. The van der Waals surface area contributed by atoms with Gasteiger partial charge >= 0.3 is 0 Å². The van der Waals surface area contributed by atoms with Crippen LogP contribution >= 0.6 is 11.9 Å². The lowest BCUT2D eigenvalue weighted by molar-refractivity contribution is -0.117. The smallest absolute Gasteiger partial charge is 0.228 e. The van der Waals surface area contributed by atoms with Gasteiger partial charge in [0.15, 0.2) is 0 Å². The number of aromatic amines is 1. The van der Waals surface area contributed by atoms with Gasteiger partial charge < -0.3 is 15.0 Å². The lowest BCUT2D eigenvalue weighted by Crippen LogP contribution is -2.14. The van der Waals surface area contributed by atoms with Crippen molar-refractivity contribution in [3.8, 4) is 17.2 Å². The maximum atomic E-state index is 12.3. The van der Waals surface area contributed by atoms with Crippen LogP contribution in [-0.4, -0.2) is 21.6 Å². The van der Waals surface area contributed by atoms with E-state index in [-0.39, 0.29) is 17.2 Å². The van der Waals surface area contributed by atoms with Crippen molar-refractivity contribution in [2.24, 2.45) is 11.3 Å². The van der Waals surface area contributed by atoms with Crippen LogP contribution in [0.4, 0.5) is 11.5 Å². The van der Waals surface area contributed by atoms with E-state index in [1.165, 1.54) is 5.56 Å². The summed E-state index contributed by atoms with van der Waals surface area (Å²) in [6.07, 6.45) is 7.67. The molecule has 0 atom stereocenters. The van der Waals surface area contributed by atoms with Crippen LogP contribution < -0.4 is 10.0 Å². The van der Waals surface area contributed by atoms with E-state index in [0.717, 1.165) is 65.7 Å². The molecule has 2 aliphatic rings. The Morgan fingerprint density at radius 1 is 1.28 bits per heavy atom. The third-order valence-electron chi connectivity index (χ3n) is 6.48. The summed E-state index contributed by atoms with van der Waals surface area (Å²) in [4.78, 5) is 20.1. The van der Waals surface area contributed by atoms with Crippen molar-refractivity contribution in [2.75, 3.05) is 15.8 Å². The fraction of sp³-hybridized carbons (Fsp3) is 0.400. The van der Waals surface area contributed by atoms with Gasteiger partial charge in [-0.25, -0.2) is 4.98 Å². The summed E-state index contributed by atoms with van der Waals surface area (Å²) in [5.74, 6) is 1.75. The number of carbonyl (C=O) groups is 1. The van der Waals surface area contributed by atoms with Crippen LogP contribution in [-0.2, 0) is 11.2 Å². The number of benzene rings is 1. The Balaban J connectivity index is 1.39. The standard InChI is InChI=1S/C25H27N5OS/c1-2-16-13-18(30-32-15-25(8-9-25)10-11-26)5-6-19(16)21-14-22(29-24(31)17-3-4-17)28-23-20(21)7-12-27-23/h5-7,12-14,17,30H,2-4,8-10,15H2,1H3,(H2,27,28,29,31). The zero-order valence-corrected chi connectivity index (χ0v) is 19.0. The van der Waals surface area contributed by atoms with Crippen molar-refractivity contribution in [3.63, 3.8) is 0 Å². The Bertz CT molecular complexity index is 1200. The number of anilines is 2. The first kappa shape index (κ1) is 20.9. The monoisotopic (exact) mass is 445 g/mol. The van der Waals surface area contributed by atoms with Crippen molar-refractivity contribution < 1.29 is 4.79 Å². The molecule has 2 heterocycles. The van der Waals surface area contributed by atoms with Gasteiger partial charge in [-0.15, -0.1) is 0 Å². The zero-order valence-electron chi connectivity index (χ0n) is 18.2. The van der Waals surface area contributed by atoms with Crippen LogP contribution in [0.5, 0.6) is 0 Å². The second kappa shape index (κ2) is 8.51. The first-order valence-corrected chi connectivity index (χ1v) is 12.3. The maximum absolute atomic E-state index is 12.3. The molecule has 0 bridgehead atoms. The number of hydrogen-bond donors (Lipinski definition) is 3. The van der Waals surface area contributed by atoms with E-state index in [1.807, 2.05) is 18.3 Å². The highest BCUT2D eigenvalue weighted by molar-refractivity contribution is 8.00. The molecule has 3 N–H and O–H groups in total. The number of H-pyrrole nitrogens is 1. The van der Waals surface area contributed by atoms with Gasteiger partial charge in [0, 0.05) is 35.4 Å². The number of nitrogens with one attached hydrogen (secondary N) is 3. The van der Waals surface area contributed by atoms with Gasteiger partial charge in [-0.3, -0.25) is 4.79 Å². The lowest BCUT2D eigenvalue weighted by atomic mass is 9.96. The highest BCUT2D eigenvalue weighted by atomic mass is 32.2. The molecule has 3 aromatic rings. The zero-order chi connectivity index (χ0) is 22.1. The van der Waals surface area contributed by atoms with E-state index in [1.54, 1.807) is 11.9 Å². The van der Waals surface area contributed by atoms with Gasteiger partial charge in [0.05, 0.1) is 6.07 Å². The minimum Gasteiger partial charge on any atom is -0.346 e. The second-order valence-corrected chi connectivity index (χ2v) is 9.79. The largest absolute Gasteiger partial charge is 0.346 e. The van der Waals surface area contributed by atoms with Crippen molar-refractivity contribution in [1.82, 2.24) is 9.97 Å². The van der Waals surface area contributed by atoms with E-state index >= 15 is 0 Å². The Kier molecular flexibility index (Phi) is 5.56. The molecule has 1 amide bonds. The molecule has 7 heteroatoms. The Hall–Kier alpha value is -2.98. The number of hydrogen-bond acceptors (Lipinski definition) is 5. The van der Waals surface area contributed by atoms with Gasteiger partial charge in [0.2, 0.25) is 5.91 Å². The van der Waals surface area contributed by atoms with Crippen LogP contribution in [0.3, 0.4) is 0 Å². The number of aryl methyl sites for hydroxylation is 1. The summed E-state index contributed by atoms with van der Waals surface area (Å²) < 4.78 is 3.47. The first-order valence-electron chi connectivity index (χ1n) is 11.3. The van der Waals surface area contributed by atoms with E-state index in [9.17, 15) is 4.79 Å². The van der Waals surface area contributed by atoms with Crippen molar-refractivity contribution in [1.29, 1.82) is 5.26 Å². The normalized spacial score (nSPS) is 16.5. The number of amides is 1. The third kappa shape index (κ3) is 4.33. The van der Waals surface area contributed by atoms with Crippen molar-refractivity contribution in [3.05, 3.63) is 42.1 Å². The van der Waals surface area contributed by atoms with E-state index < -0.39 is 0 Å². The molecule has 2 saturated carbocycles. The molecule has 164 valence electrons. The average molecular weight is 446 g/mol. The molecule has 5 rings (SSSR count). The van der Waals surface area contributed by atoms with Gasteiger partial charge in [0.25, 0.3) is 0 Å². The number of fused-ring (bicyclic) bond motifs is 1. The minimum atomic E-state index is 0.0616. The van der Waals surface area contributed by atoms with Gasteiger partial charge in [-0.1, -0.05) is 24.9 Å². The Morgan fingerprint density at radius 3 is 2.84 bits per heavy atom. The molecule has 6 nitrogen and oxygen atoms in total. The van der Waals surface area contributed by atoms with Gasteiger partial charge in [0.1, 0.15) is 11.5 Å². The predicted molar refractivity (Wildman–Crippen MR) is 130 cm³/mol. The third-order valence-corrected chi connectivity index (χ3v) is 7.62. The second-order valence-electron chi connectivity index (χ2n) is 9.01. The summed E-state index contributed by atoms with van der Waals surface area (Å²) in [5, 5.41) is 13.1. The average Bonchev–Trinajstić information content (AvgIpc) is 3.72. The summed E-state index contributed by atoms with van der Waals surface area (Å²) in [5.41, 5.74) is 5.54. The summed E-state index contributed by atoms with van der Waals surface area (Å²) >= 11 is 1.69. The molecule has 0 radical (unpaired) electrons. The van der Waals surface area contributed by atoms with Crippen LogP contribution in [0.25, 0.3) is 22.2 Å². The molecule has 0 unspecified atom stereocenters. The lowest BCUT2D eigenvalue weighted by Gasteiger charge is -2.15. The number of nitrogens with zero attached hydrogens (tertiary/aromatic N) is 2. The number of nitriles is 1. The van der Waals surface area contributed by atoms with Crippen molar-refractivity contribution in [2.45, 2.75) is 45.4 Å². The SMILES string of the molecule is CCc1cc(NSCC2(CC#N)CC2)ccc1-c1cc(NC(=O)C2CC2)nc2[nH]ccc12. The molecule has 32 heavy (non-hydrogen) atoms. The molecular weight excluding hydrogens is 418 g/mol. The predicted octanol–water partition coefficient (Wildman–Crippen LogP) is 5.89. The first-order chi connectivity index (χ1) is 15.6. The van der Waals surface area contributed by atoms with E-state index in [2.05, 4.69) is 51.2 Å². The van der Waals surface area contributed by atoms with Crippen LogP contribution in [0.1, 0.15) is 44.6 Å².